The molecule has 0 N–H and O–H groups in total. The van der Waals surface area contributed by atoms with Crippen molar-refractivity contribution in [2.45, 2.75) is 0 Å². The quantitative estimate of drug-likeness (QED) is 0.181. The van der Waals surface area contributed by atoms with Crippen LogP contribution < -0.4 is 0 Å². The Bertz CT molecular complexity index is 2520. The van der Waals surface area contributed by atoms with E-state index in [4.69, 9.17) is 19.9 Å². The molecule has 2 heterocycles. The van der Waals surface area contributed by atoms with Crippen LogP contribution in [0.3, 0.4) is 0 Å². The minimum Gasteiger partial charge on any atom is -0.236 e. The summed E-state index contributed by atoms with van der Waals surface area (Å²) < 4.78 is 1.18. The summed E-state index contributed by atoms with van der Waals surface area (Å²) in [4.78, 5) is 19.8. The highest BCUT2D eigenvalue weighted by Gasteiger charge is 2.16. The molecule has 0 spiro atoms. The maximum atomic E-state index is 5.05. The molecule has 0 atom stereocenters. The third-order valence-corrected chi connectivity index (χ3v) is 9.86. The zero-order chi connectivity index (χ0) is 32.6. The number of hydrogen-bond acceptors (Lipinski definition) is 5. The van der Waals surface area contributed by atoms with Crippen LogP contribution in [0.5, 0.6) is 0 Å². The lowest BCUT2D eigenvalue weighted by Crippen LogP contribution is -2.00. The van der Waals surface area contributed by atoms with Crippen molar-refractivity contribution in [1.29, 1.82) is 0 Å². The molecule has 230 valence electrons. The Morgan fingerprint density at radius 3 is 1.51 bits per heavy atom. The predicted molar refractivity (Wildman–Crippen MR) is 203 cm³/mol. The van der Waals surface area contributed by atoms with Crippen LogP contribution in [0, 0.1) is 0 Å². The van der Waals surface area contributed by atoms with Gasteiger partial charge in [-0.25, -0.2) is 19.9 Å². The van der Waals surface area contributed by atoms with Gasteiger partial charge >= 0.3 is 0 Å². The molecule has 4 nitrogen and oxygen atoms in total. The Hall–Kier alpha value is -6.30. The summed E-state index contributed by atoms with van der Waals surface area (Å²) in [6.45, 7) is 0. The molecule has 9 aromatic rings. The molecular weight excluding hydrogens is 617 g/mol. The van der Waals surface area contributed by atoms with Crippen LogP contribution in [0.4, 0.5) is 0 Å². The van der Waals surface area contributed by atoms with Gasteiger partial charge < -0.3 is 0 Å². The van der Waals surface area contributed by atoms with Crippen molar-refractivity contribution in [3.8, 4) is 67.0 Å². The second-order valence-electron chi connectivity index (χ2n) is 11.9. The lowest BCUT2D eigenvalue weighted by atomic mass is 9.89. The number of rotatable bonds is 6. The maximum absolute atomic E-state index is 5.05. The molecule has 9 rings (SSSR count). The van der Waals surface area contributed by atoms with Crippen LogP contribution in [0.15, 0.2) is 170 Å². The van der Waals surface area contributed by atoms with Crippen molar-refractivity contribution in [1.82, 2.24) is 19.9 Å². The van der Waals surface area contributed by atoms with Crippen molar-refractivity contribution in [3.05, 3.63) is 170 Å². The minimum absolute atomic E-state index is 0.640. The summed E-state index contributed by atoms with van der Waals surface area (Å²) in [5, 5.41) is 3.44. The van der Waals surface area contributed by atoms with Crippen LogP contribution in [0.2, 0.25) is 0 Å². The fourth-order valence-electron chi connectivity index (χ4n) is 6.35. The summed E-state index contributed by atoms with van der Waals surface area (Å²) in [6.07, 6.45) is 0. The van der Waals surface area contributed by atoms with E-state index in [1.54, 1.807) is 11.3 Å². The van der Waals surface area contributed by atoms with Gasteiger partial charge in [0.25, 0.3) is 0 Å². The summed E-state index contributed by atoms with van der Waals surface area (Å²) in [5.74, 6) is 1.94. The molecule has 0 aliphatic rings. The van der Waals surface area contributed by atoms with Gasteiger partial charge in [0.15, 0.2) is 17.5 Å². The van der Waals surface area contributed by atoms with E-state index in [1.807, 2.05) is 66.7 Å². The third kappa shape index (κ3) is 5.56. The molecule has 49 heavy (non-hydrogen) atoms. The Labute approximate surface area is 288 Å². The zero-order valence-corrected chi connectivity index (χ0v) is 27.2. The molecule has 0 bridgehead atoms. The van der Waals surface area contributed by atoms with E-state index < -0.39 is 0 Å². The van der Waals surface area contributed by atoms with Crippen molar-refractivity contribution in [2.75, 3.05) is 0 Å². The van der Waals surface area contributed by atoms with Gasteiger partial charge in [-0.3, -0.25) is 0 Å². The Balaban J connectivity index is 1.15. The van der Waals surface area contributed by atoms with Crippen molar-refractivity contribution >= 4 is 32.3 Å². The number of nitrogens with zero attached hydrogens (tertiary/aromatic N) is 4. The van der Waals surface area contributed by atoms with Crippen molar-refractivity contribution in [2.24, 2.45) is 0 Å². The van der Waals surface area contributed by atoms with E-state index in [9.17, 15) is 0 Å². The Morgan fingerprint density at radius 1 is 0.367 bits per heavy atom. The molecule has 0 fully saturated rings. The van der Waals surface area contributed by atoms with E-state index in [2.05, 4.69) is 103 Å². The predicted octanol–water partition coefficient (Wildman–Crippen LogP) is 11.6. The van der Waals surface area contributed by atoms with E-state index >= 15 is 0 Å². The van der Waals surface area contributed by atoms with Crippen LogP contribution in [-0.4, -0.2) is 19.9 Å². The Morgan fingerprint density at radius 2 is 0.878 bits per heavy atom. The molecule has 0 radical (unpaired) electrons. The first-order valence-electron chi connectivity index (χ1n) is 16.2. The summed E-state index contributed by atoms with van der Waals surface area (Å²) in [6, 6.07) is 58.8. The first-order valence-corrected chi connectivity index (χ1v) is 17.0. The first-order chi connectivity index (χ1) is 24.3. The lowest BCUT2D eigenvalue weighted by molar-refractivity contribution is 1.07. The SMILES string of the molecule is c1ccc(-c2nc(-c3ccccc3)nc(-c3ccc(-c4ccc5ccccc5c4-c4ccc5sc(-c6ccccc6)nc5c4)cc3)n2)cc1. The lowest BCUT2D eigenvalue weighted by Gasteiger charge is -2.15. The smallest absolute Gasteiger partial charge is 0.164 e. The summed E-state index contributed by atoms with van der Waals surface area (Å²) in [7, 11) is 0. The number of hydrogen-bond donors (Lipinski definition) is 0. The molecule has 5 heteroatoms. The number of aromatic nitrogens is 4. The van der Waals surface area contributed by atoms with Gasteiger partial charge in [-0.2, -0.15) is 0 Å². The molecule has 2 aromatic heterocycles. The number of thiazole rings is 1. The highest BCUT2D eigenvalue weighted by molar-refractivity contribution is 7.21. The average Bonchev–Trinajstić information content (AvgIpc) is 3.62. The van der Waals surface area contributed by atoms with E-state index in [-0.39, 0.29) is 0 Å². The Kier molecular flexibility index (Phi) is 7.30. The number of benzene rings is 7. The van der Waals surface area contributed by atoms with Gasteiger partial charge in [0.1, 0.15) is 5.01 Å². The molecule has 0 amide bonds. The third-order valence-electron chi connectivity index (χ3n) is 8.78. The maximum Gasteiger partial charge on any atom is 0.164 e. The van der Waals surface area contributed by atoms with Crippen LogP contribution >= 0.6 is 11.3 Å². The normalized spacial score (nSPS) is 11.3. The fourth-order valence-corrected chi connectivity index (χ4v) is 7.30. The highest BCUT2D eigenvalue weighted by Crippen LogP contribution is 2.41. The standard InChI is InChI=1S/C44H28N4S/c1-4-13-31(14-5-1)41-46-42(32-15-6-2-7-16-32)48-43(47-41)33-22-20-30(21-23-33)37-26-24-29-12-10-11-19-36(29)40(37)35-25-27-39-38(28-35)45-44(49-39)34-17-8-3-9-18-34/h1-28H. The topological polar surface area (TPSA) is 51.6 Å². The van der Waals surface area contributed by atoms with Crippen molar-refractivity contribution in [3.63, 3.8) is 0 Å². The average molecular weight is 645 g/mol. The van der Waals surface area contributed by atoms with Crippen LogP contribution in [-0.2, 0) is 0 Å². The van der Waals surface area contributed by atoms with Gasteiger partial charge in [0.05, 0.1) is 10.2 Å². The molecule has 0 aliphatic heterocycles. The molecule has 0 unspecified atom stereocenters. The highest BCUT2D eigenvalue weighted by atomic mass is 32.1. The van der Waals surface area contributed by atoms with Gasteiger partial charge in [-0.1, -0.05) is 158 Å². The zero-order valence-electron chi connectivity index (χ0n) is 26.4. The second kappa shape index (κ2) is 12.4. The van der Waals surface area contributed by atoms with Crippen LogP contribution in [0.1, 0.15) is 0 Å². The van der Waals surface area contributed by atoms with Crippen LogP contribution in [0.25, 0.3) is 88.0 Å². The molecular formula is C44H28N4S. The monoisotopic (exact) mass is 644 g/mol. The van der Waals surface area contributed by atoms with Gasteiger partial charge in [-0.15, -0.1) is 11.3 Å². The van der Waals surface area contributed by atoms with Gasteiger partial charge in [0, 0.05) is 22.3 Å². The fraction of sp³-hybridized carbons (Fsp3) is 0. The van der Waals surface area contributed by atoms with E-state index in [0.717, 1.165) is 49.5 Å². The van der Waals surface area contributed by atoms with E-state index in [0.29, 0.717) is 17.5 Å². The first kappa shape index (κ1) is 28.9. The number of fused-ring (bicyclic) bond motifs is 2. The van der Waals surface area contributed by atoms with Crippen molar-refractivity contribution < 1.29 is 0 Å². The van der Waals surface area contributed by atoms with E-state index in [1.165, 1.54) is 21.0 Å². The van der Waals surface area contributed by atoms with Gasteiger partial charge in [-0.05, 0) is 45.2 Å². The summed E-state index contributed by atoms with van der Waals surface area (Å²) >= 11 is 1.73. The summed E-state index contributed by atoms with van der Waals surface area (Å²) in [5.41, 5.74) is 9.60. The molecule has 0 aliphatic carbocycles. The van der Waals surface area contributed by atoms with Gasteiger partial charge in [0.2, 0.25) is 0 Å². The largest absolute Gasteiger partial charge is 0.236 e. The minimum atomic E-state index is 0.640. The molecule has 7 aromatic carbocycles. The second-order valence-corrected chi connectivity index (χ2v) is 12.9. The molecule has 0 saturated carbocycles. The molecule has 0 saturated heterocycles.